The van der Waals surface area contributed by atoms with Crippen LogP contribution in [-0.2, 0) is 15.1 Å². The van der Waals surface area contributed by atoms with Crippen molar-refractivity contribution in [3.05, 3.63) is 63.6 Å². The molecule has 2 aromatic rings. The monoisotopic (exact) mass is 419 g/mol. The Labute approximate surface area is 173 Å². The molecule has 4 rings (SSSR count). The number of rotatable bonds is 3. The third-order valence-electron chi connectivity index (χ3n) is 5.22. The van der Waals surface area contributed by atoms with Gasteiger partial charge in [0.1, 0.15) is 5.75 Å². The normalized spacial score (nSPS) is 21.0. The van der Waals surface area contributed by atoms with Gasteiger partial charge >= 0.3 is 5.97 Å². The molecule has 1 fully saturated rings. The van der Waals surface area contributed by atoms with Gasteiger partial charge in [-0.15, -0.1) is 0 Å². The minimum Gasteiger partial charge on any atom is -0.476 e. The van der Waals surface area contributed by atoms with Crippen LogP contribution in [0.3, 0.4) is 0 Å². The van der Waals surface area contributed by atoms with Crippen molar-refractivity contribution in [2.75, 3.05) is 13.1 Å². The van der Waals surface area contributed by atoms with Gasteiger partial charge in [-0.1, -0.05) is 41.4 Å². The lowest BCUT2D eigenvalue weighted by Crippen LogP contribution is -2.49. The highest BCUT2D eigenvalue weighted by atomic mass is 35.5. The largest absolute Gasteiger partial charge is 0.476 e. The van der Waals surface area contributed by atoms with E-state index in [2.05, 4.69) is 0 Å². The van der Waals surface area contributed by atoms with Crippen LogP contribution in [0.1, 0.15) is 36.2 Å². The maximum absolute atomic E-state index is 13.2. The van der Waals surface area contributed by atoms with Crippen molar-refractivity contribution in [1.82, 2.24) is 4.90 Å². The zero-order valence-corrected chi connectivity index (χ0v) is 17.0. The zero-order chi connectivity index (χ0) is 20.1. The van der Waals surface area contributed by atoms with E-state index in [1.165, 1.54) is 0 Å². The summed E-state index contributed by atoms with van der Waals surface area (Å²) in [4.78, 5) is 27.1. The molecule has 0 aliphatic carbocycles. The van der Waals surface area contributed by atoms with E-state index >= 15 is 0 Å². The molecule has 0 aromatic heterocycles. The first-order chi connectivity index (χ1) is 13.2. The molecule has 1 saturated heterocycles. The molecule has 1 unspecified atom stereocenters. The van der Waals surface area contributed by atoms with Crippen molar-refractivity contribution in [2.24, 2.45) is 0 Å². The summed E-state index contributed by atoms with van der Waals surface area (Å²) < 4.78 is 11.6. The summed E-state index contributed by atoms with van der Waals surface area (Å²) >= 11 is 12.1. The third-order valence-corrected chi connectivity index (χ3v) is 5.75. The van der Waals surface area contributed by atoms with Crippen molar-refractivity contribution in [3.63, 3.8) is 0 Å². The molecule has 5 nitrogen and oxygen atoms in total. The van der Waals surface area contributed by atoms with Gasteiger partial charge in [-0.05, 0) is 38.1 Å². The minimum absolute atomic E-state index is 0.198. The molecule has 0 bridgehead atoms. The Kier molecular flexibility index (Phi) is 4.55. The van der Waals surface area contributed by atoms with E-state index in [-0.39, 0.29) is 11.9 Å². The molecule has 1 spiro atoms. The Morgan fingerprint density at radius 2 is 1.96 bits per heavy atom. The molecule has 28 heavy (non-hydrogen) atoms. The number of hydrogen-bond donors (Lipinski definition) is 0. The number of fused-ring (bicyclic) bond motifs is 2. The SMILES string of the molecule is CC(C)(Oc1ccc(Cl)cc1Cl)C(=O)N1CCC2(C1)OC(=O)c1ccccc12. The minimum atomic E-state index is -1.15. The highest BCUT2D eigenvalue weighted by molar-refractivity contribution is 6.35. The molecule has 7 heteroatoms. The topological polar surface area (TPSA) is 55.8 Å². The van der Waals surface area contributed by atoms with E-state index in [1.807, 2.05) is 18.2 Å². The van der Waals surface area contributed by atoms with E-state index in [4.69, 9.17) is 32.7 Å². The average Bonchev–Trinajstić information content (AvgIpc) is 3.19. The van der Waals surface area contributed by atoms with Crippen molar-refractivity contribution >= 4 is 35.1 Å². The van der Waals surface area contributed by atoms with Crippen LogP contribution >= 0.6 is 23.2 Å². The van der Waals surface area contributed by atoms with Gasteiger partial charge in [-0.25, -0.2) is 4.79 Å². The Hall–Kier alpha value is -2.24. The van der Waals surface area contributed by atoms with Gasteiger partial charge in [0.25, 0.3) is 5.91 Å². The second-order valence-electron chi connectivity index (χ2n) is 7.59. The predicted molar refractivity (Wildman–Crippen MR) is 106 cm³/mol. The molecule has 2 heterocycles. The summed E-state index contributed by atoms with van der Waals surface area (Å²) in [6.45, 7) is 4.16. The summed E-state index contributed by atoms with van der Waals surface area (Å²) in [5, 5.41) is 0.828. The Bertz CT molecular complexity index is 975. The molecule has 2 aromatic carbocycles. The van der Waals surface area contributed by atoms with Crippen LogP contribution < -0.4 is 4.74 Å². The number of amides is 1. The van der Waals surface area contributed by atoms with E-state index in [9.17, 15) is 9.59 Å². The van der Waals surface area contributed by atoms with Gasteiger partial charge in [0.05, 0.1) is 17.1 Å². The average molecular weight is 420 g/mol. The molecule has 146 valence electrons. The van der Waals surface area contributed by atoms with Crippen molar-refractivity contribution in [1.29, 1.82) is 0 Å². The van der Waals surface area contributed by atoms with Crippen LogP contribution in [-0.4, -0.2) is 35.5 Å². The first-order valence-corrected chi connectivity index (χ1v) is 9.74. The predicted octanol–water partition coefficient (Wildman–Crippen LogP) is 4.45. The first-order valence-electron chi connectivity index (χ1n) is 8.98. The molecule has 0 radical (unpaired) electrons. The number of benzene rings is 2. The number of nitrogens with zero attached hydrogens (tertiary/aromatic N) is 1. The molecular formula is C21H19Cl2NO4. The highest BCUT2D eigenvalue weighted by Crippen LogP contribution is 2.44. The fraction of sp³-hybridized carbons (Fsp3) is 0.333. The number of carbonyl (C=O) groups excluding carboxylic acids is 2. The van der Waals surface area contributed by atoms with Crippen LogP contribution in [0.5, 0.6) is 5.75 Å². The van der Waals surface area contributed by atoms with Crippen LogP contribution in [0.4, 0.5) is 0 Å². The molecule has 2 aliphatic rings. The maximum atomic E-state index is 13.2. The molecule has 0 N–H and O–H groups in total. The number of likely N-dealkylation sites (tertiary alicyclic amines) is 1. The van der Waals surface area contributed by atoms with Crippen LogP contribution in [0.2, 0.25) is 10.0 Å². The van der Waals surface area contributed by atoms with Crippen LogP contribution in [0.25, 0.3) is 0 Å². The van der Waals surface area contributed by atoms with E-state index in [0.29, 0.717) is 40.9 Å². The summed E-state index contributed by atoms with van der Waals surface area (Å²) in [6, 6.07) is 12.2. The quantitative estimate of drug-likeness (QED) is 0.689. The fourth-order valence-corrected chi connectivity index (χ4v) is 4.31. The summed E-state index contributed by atoms with van der Waals surface area (Å²) in [5.74, 6) is -0.153. The number of esters is 1. The molecule has 1 amide bonds. The van der Waals surface area contributed by atoms with Gasteiger partial charge in [-0.2, -0.15) is 0 Å². The van der Waals surface area contributed by atoms with E-state index in [0.717, 1.165) is 5.56 Å². The summed E-state index contributed by atoms with van der Waals surface area (Å²) in [6.07, 6.45) is 0.555. The van der Waals surface area contributed by atoms with Crippen molar-refractivity contribution in [3.8, 4) is 5.75 Å². The summed E-state index contributed by atoms with van der Waals surface area (Å²) in [5.41, 5.74) is -0.516. The number of halogens is 2. The second kappa shape index (κ2) is 6.68. The highest BCUT2D eigenvalue weighted by Gasteiger charge is 2.52. The van der Waals surface area contributed by atoms with Gasteiger partial charge in [0.15, 0.2) is 11.2 Å². The van der Waals surface area contributed by atoms with E-state index < -0.39 is 11.2 Å². The third kappa shape index (κ3) is 3.12. The smallest absolute Gasteiger partial charge is 0.339 e. The number of ether oxygens (including phenoxy) is 2. The standard InChI is InChI=1S/C21H19Cl2NO4/c1-20(2,27-17-8-7-13(22)11-16(17)23)19(26)24-10-9-21(12-24)15-6-4-3-5-14(15)18(25)28-21/h3-8,11H,9-10,12H2,1-2H3. The van der Waals surface area contributed by atoms with Gasteiger partial charge in [0, 0.05) is 23.6 Å². The first kappa shape index (κ1) is 19.1. The number of carbonyl (C=O) groups is 2. The molecule has 0 saturated carbocycles. The molecule has 2 aliphatic heterocycles. The van der Waals surface area contributed by atoms with E-state index in [1.54, 1.807) is 43.0 Å². The van der Waals surface area contributed by atoms with Crippen LogP contribution in [0, 0.1) is 0 Å². The zero-order valence-electron chi connectivity index (χ0n) is 15.5. The lowest BCUT2D eigenvalue weighted by molar-refractivity contribution is -0.145. The Balaban J connectivity index is 1.54. The Morgan fingerprint density at radius 3 is 2.71 bits per heavy atom. The van der Waals surface area contributed by atoms with Gasteiger partial charge in [-0.3, -0.25) is 4.79 Å². The molecular weight excluding hydrogens is 401 g/mol. The van der Waals surface area contributed by atoms with Crippen molar-refractivity contribution < 1.29 is 19.1 Å². The lowest BCUT2D eigenvalue weighted by atomic mass is 9.91. The second-order valence-corrected chi connectivity index (χ2v) is 8.44. The molecule has 1 atom stereocenters. The van der Waals surface area contributed by atoms with Crippen molar-refractivity contribution in [2.45, 2.75) is 31.5 Å². The fourth-order valence-electron chi connectivity index (χ4n) is 3.86. The van der Waals surface area contributed by atoms with Gasteiger partial charge < -0.3 is 14.4 Å². The lowest BCUT2D eigenvalue weighted by Gasteiger charge is -2.31. The van der Waals surface area contributed by atoms with Crippen LogP contribution in [0.15, 0.2) is 42.5 Å². The number of hydrogen-bond acceptors (Lipinski definition) is 4. The Morgan fingerprint density at radius 1 is 1.21 bits per heavy atom. The summed E-state index contributed by atoms with van der Waals surface area (Å²) in [7, 11) is 0. The maximum Gasteiger partial charge on any atom is 0.339 e. The van der Waals surface area contributed by atoms with Gasteiger partial charge in [0.2, 0.25) is 0 Å².